The molecule has 23 heavy (non-hydrogen) atoms. The van der Waals surface area contributed by atoms with Gasteiger partial charge in [-0.2, -0.15) is 0 Å². The van der Waals surface area contributed by atoms with Crippen molar-refractivity contribution in [3.05, 3.63) is 23.5 Å². The molecule has 1 unspecified atom stereocenters. The first-order valence-electron chi connectivity index (χ1n) is 7.14. The molecule has 126 valence electrons. The van der Waals surface area contributed by atoms with E-state index in [2.05, 4.69) is 26.2 Å². The Morgan fingerprint density at radius 2 is 2.35 bits per heavy atom. The highest BCUT2D eigenvalue weighted by molar-refractivity contribution is 9.18. The number of nitrogens with one attached hydrogen (secondary N) is 2. The fourth-order valence-electron chi connectivity index (χ4n) is 2.18. The number of ether oxygens (including phenoxy) is 1. The Balaban J connectivity index is 2.22. The van der Waals surface area contributed by atoms with Crippen molar-refractivity contribution < 1.29 is 14.1 Å². The number of hydrogen-bond acceptors (Lipinski definition) is 6. The largest absolute Gasteiger partial charge is 0.615 e. The van der Waals surface area contributed by atoms with Crippen LogP contribution < -0.4 is 5.32 Å². The third kappa shape index (κ3) is 5.17. The maximum Gasteiger partial charge on any atom is 0.272 e. The second kappa shape index (κ2) is 8.62. The molecule has 0 aliphatic carbocycles. The third-order valence-electron chi connectivity index (χ3n) is 3.33. The number of anilines is 1. The van der Waals surface area contributed by atoms with Crippen LogP contribution in [0.3, 0.4) is 0 Å². The van der Waals surface area contributed by atoms with Crippen molar-refractivity contribution in [3.63, 3.8) is 0 Å². The summed E-state index contributed by atoms with van der Waals surface area (Å²) >= 11 is 2.06. The number of hydrogen-bond donors (Lipinski definition) is 2. The van der Waals surface area contributed by atoms with Crippen molar-refractivity contribution in [1.82, 2.24) is 9.88 Å². The Morgan fingerprint density at radius 3 is 3.04 bits per heavy atom. The lowest BCUT2D eigenvalue weighted by atomic mass is 10.2. The van der Waals surface area contributed by atoms with Crippen molar-refractivity contribution in [2.24, 2.45) is 0 Å². The summed E-state index contributed by atoms with van der Waals surface area (Å²) in [7, 11) is 0. The van der Waals surface area contributed by atoms with Gasteiger partial charge in [0, 0.05) is 31.5 Å². The highest BCUT2D eigenvalue weighted by Crippen LogP contribution is 2.20. The van der Waals surface area contributed by atoms with Crippen LogP contribution >= 0.6 is 15.9 Å². The first kappa shape index (κ1) is 18.2. The molecule has 1 atom stereocenters. The van der Waals surface area contributed by atoms with E-state index in [0.29, 0.717) is 43.2 Å². The molecule has 2 rings (SSSR count). The maximum absolute atomic E-state index is 12.6. The highest BCUT2D eigenvalue weighted by Gasteiger charge is 2.20. The molecule has 1 fully saturated rings. The van der Waals surface area contributed by atoms with E-state index in [1.165, 1.54) is 6.20 Å². The molecule has 0 saturated carbocycles. The van der Waals surface area contributed by atoms with Gasteiger partial charge in [0.05, 0.1) is 18.6 Å². The molecule has 1 aliphatic heterocycles. The van der Waals surface area contributed by atoms with E-state index >= 15 is 0 Å². The van der Waals surface area contributed by atoms with E-state index in [1.807, 2.05) is 0 Å². The third-order valence-corrected chi connectivity index (χ3v) is 4.31. The van der Waals surface area contributed by atoms with E-state index in [1.54, 1.807) is 17.2 Å². The standard InChI is InChI=1S/C14H19BrN4O3S/c1-23(21)9-18-11-7-12(17-8-10(11)13(15)16)14(20)19-3-2-5-22-6-4-19/h7-8,16H,2-6,9H2,1H3,(H,17,18). The number of amides is 1. The number of carbonyl (C=O) groups excluding carboxylic acids is 1. The van der Waals surface area contributed by atoms with Crippen molar-refractivity contribution in [3.8, 4) is 0 Å². The minimum absolute atomic E-state index is 0.150. The van der Waals surface area contributed by atoms with E-state index in [-0.39, 0.29) is 16.4 Å². The summed E-state index contributed by atoms with van der Waals surface area (Å²) in [4.78, 5) is 18.5. The van der Waals surface area contributed by atoms with Crippen LogP contribution in [-0.2, 0) is 15.9 Å². The minimum atomic E-state index is -1.04. The molecule has 1 aliphatic rings. The first-order valence-corrected chi connectivity index (χ1v) is 9.66. The average molecular weight is 403 g/mol. The highest BCUT2D eigenvalue weighted by atomic mass is 79.9. The summed E-state index contributed by atoms with van der Waals surface area (Å²) in [5, 5.41) is 10.7. The average Bonchev–Trinajstić information content (AvgIpc) is 2.81. The Bertz CT molecular complexity index is 577. The summed E-state index contributed by atoms with van der Waals surface area (Å²) in [6.07, 6.45) is 3.85. The second-order valence-electron chi connectivity index (χ2n) is 5.08. The van der Waals surface area contributed by atoms with Gasteiger partial charge in [-0.25, -0.2) is 0 Å². The molecule has 0 aromatic carbocycles. The Hall–Kier alpha value is -1.16. The Labute approximate surface area is 146 Å². The molecule has 1 aromatic rings. The number of nitrogens with zero attached hydrogens (tertiary/aromatic N) is 2. The van der Waals surface area contributed by atoms with Crippen LogP contribution in [0.2, 0.25) is 0 Å². The van der Waals surface area contributed by atoms with E-state index in [0.717, 1.165) is 6.42 Å². The lowest BCUT2D eigenvalue weighted by Gasteiger charge is -2.20. The summed E-state index contributed by atoms with van der Waals surface area (Å²) in [6, 6.07) is 1.60. The summed E-state index contributed by atoms with van der Waals surface area (Å²) in [5.41, 5.74) is 1.38. The molecule has 9 heteroatoms. The van der Waals surface area contributed by atoms with Crippen molar-refractivity contribution >= 4 is 43.3 Å². The normalized spacial score (nSPS) is 16.6. The van der Waals surface area contributed by atoms with Gasteiger partial charge in [-0.3, -0.25) is 15.2 Å². The molecule has 1 amide bonds. The van der Waals surface area contributed by atoms with Crippen molar-refractivity contribution in [1.29, 1.82) is 5.41 Å². The lowest BCUT2D eigenvalue weighted by Crippen LogP contribution is -2.33. The SMILES string of the molecule is C[S+]([O-])CNc1cc(C(=O)N2CCCOCC2)ncc1C(=N)Br. The van der Waals surface area contributed by atoms with Gasteiger partial charge in [0.1, 0.15) is 10.3 Å². The van der Waals surface area contributed by atoms with Gasteiger partial charge in [0.2, 0.25) is 0 Å². The fraction of sp³-hybridized carbons (Fsp3) is 0.500. The molecule has 2 N–H and O–H groups in total. The van der Waals surface area contributed by atoms with Crippen LogP contribution in [0, 0.1) is 5.41 Å². The zero-order valence-electron chi connectivity index (χ0n) is 12.8. The van der Waals surface area contributed by atoms with Crippen molar-refractivity contribution in [2.75, 3.05) is 43.8 Å². The van der Waals surface area contributed by atoms with E-state index in [4.69, 9.17) is 10.1 Å². The minimum Gasteiger partial charge on any atom is -0.615 e. The van der Waals surface area contributed by atoms with Gasteiger partial charge in [0.25, 0.3) is 5.91 Å². The van der Waals surface area contributed by atoms with Gasteiger partial charge in [-0.15, -0.1) is 0 Å². The predicted molar refractivity (Wildman–Crippen MR) is 93.9 cm³/mol. The summed E-state index contributed by atoms with van der Waals surface area (Å²) in [5.74, 6) is 0.0754. The van der Waals surface area contributed by atoms with Crippen LogP contribution in [0.25, 0.3) is 0 Å². The van der Waals surface area contributed by atoms with Gasteiger partial charge in [-0.05, 0) is 39.6 Å². The van der Waals surface area contributed by atoms with Crippen LogP contribution in [-0.4, -0.2) is 63.4 Å². The molecule has 7 nitrogen and oxygen atoms in total. The number of aromatic nitrogens is 1. The lowest BCUT2D eigenvalue weighted by molar-refractivity contribution is 0.0735. The predicted octanol–water partition coefficient (Wildman–Crippen LogP) is 1.41. The van der Waals surface area contributed by atoms with Gasteiger partial charge < -0.3 is 19.5 Å². The maximum atomic E-state index is 12.6. The van der Waals surface area contributed by atoms with Crippen LogP contribution in [0.15, 0.2) is 12.3 Å². The van der Waals surface area contributed by atoms with Crippen LogP contribution in [0.1, 0.15) is 22.5 Å². The monoisotopic (exact) mass is 402 g/mol. The van der Waals surface area contributed by atoms with Crippen LogP contribution in [0.5, 0.6) is 0 Å². The molecule has 1 aromatic heterocycles. The van der Waals surface area contributed by atoms with Crippen molar-refractivity contribution in [2.45, 2.75) is 6.42 Å². The molecule has 2 heterocycles. The Kier molecular flexibility index (Phi) is 6.82. The smallest absolute Gasteiger partial charge is 0.272 e. The number of pyridine rings is 1. The molecular formula is C14H19BrN4O3S. The molecule has 0 spiro atoms. The molecule has 0 radical (unpaired) electrons. The number of carbonyl (C=O) groups is 1. The number of rotatable bonds is 5. The van der Waals surface area contributed by atoms with Gasteiger partial charge >= 0.3 is 0 Å². The molecule has 1 saturated heterocycles. The fourth-order valence-corrected chi connectivity index (χ4v) is 2.86. The quantitative estimate of drug-likeness (QED) is 0.572. The van der Waals surface area contributed by atoms with Gasteiger partial charge in [0.15, 0.2) is 5.88 Å². The van der Waals surface area contributed by atoms with Gasteiger partial charge in [-0.1, -0.05) is 0 Å². The molecular weight excluding hydrogens is 384 g/mol. The zero-order chi connectivity index (χ0) is 16.8. The molecule has 0 bridgehead atoms. The topological polar surface area (TPSA) is 101 Å². The van der Waals surface area contributed by atoms with E-state index in [9.17, 15) is 9.35 Å². The zero-order valence-corrected chi connectivity index (χ0v) is 15.2. The van der Waals surface area contributed by atoms with E-state index < -0.39 is 11.2 Å². The second-order valence-corrected chi connectivity index (χ2v) is 7.31. The summed E-state index contributed by atoms with van der Waals surface area (Å²) in [6.45, 7) is 2.36. The van der Waals surface area contributed by atoms with Crippen LogP contribution in [0.4, 0.5) is 5.69 Å². The number of halogens is 1. The Morgan fingerprint density at radius 1 is 1.57 bits per heavy atom. The first-order chi connectivity index (χ1) is 11.0. The summed E-state index contributed by atoms with van der Waals surface area (Å²) < 4.78 is 16.8.